The van der Waals surface area contributed by atoms with Gasteiger partial charge in [0.2, 0.25) is 11.6 Å². The Bertz CT molecular complexity index is 743. The van der Waals surface area contributed by atoms with Gasteiger partial charge in [-0.1, -0.05) is 39.1 Å². The van der Waals surface area contributed by atoms with Gasteiger partial charge in [0, 0.05) is 16.6 Å². The molecule has 0 heterocycles. The van der Waals surface area contributed by atoms with Crippen LogP contribution in [-0.2, 0) is 0 Å². The van der Waals surface area contributed by atoms with Crippen LogP contribution in [0.5, 0.6) is 11.5 Å². The third-order valence-electron chi connectivity index (χ3n) is 2.38. The van der Waals surface area contributed by atoms with Crippen LogP contribution >= 0.6 is 39.1 Å². The predicted octanol–water partition coefficient (Wildman–Crippen LogP) is 5.73. The van der Waals surface area contributed by atoms with Gasteiger partial charge in [0.1, 0.15) is 0 Å². The van der Waals surface area contributed by atoms with Gasteiger partial charge < -0.3 is 4.74 Å². The van der Waals surface area contributed by atoms with E-state index in [1.807, 2.05) is 0 Å². The maximum Gasteiger partial charge on any atom is 0.313 e. The van der Waals surface area contributed by atoms with Crippen molar-refractivity contribution >= 4 is 44.8 Å². The summed E-state index contributed by atoms with van der Waals surface area (Å²) in [6.45, 7) is 0. The zero-order chi connectivity index (χ0) is 15.7. The molecule has 0 amide bonds. The van der Waals surface area contributed by atoms with E-state index < -0.39 is 28.0 Å². The van der Waals surface area contributed by atoms with Gasteiger partial charge in [0.15, 0.2) is 11.6 Å². The lowest BCUT2D eigenvalue weighted by atomic mass is 10.3. The van der Waals surface area contributed by atoms with Gasteiger partial charge >= 0.3 is 5.69 Å². The lowest BCUT2D eigenvalue weighted by Gasteiger charge is -2.09. The second-order valence-electron chi connectivity index (χ2n) is 3.79. The maximum absolute atomic E-state index is 13.6. The van der Waals surface area contributed by atoms with Gasteiger partial charge in [0.25, 0.3) is 0 Å². The van der Waals surface area contributed by atoms with E-state index in [2.05, 4.69) is 15.9 Å². The first-order valence-corrected chi connectivity index (χ1v) is 6.80. The number of benzene rings is 2. The fourth-order valence-corrected chi connectivity index (χ4v) is 2.19. The molecule has 2 aromatic rings. The molecule has 0 atom stereocenters. The standard InChI is InChI=1S/C12H4BrCl2F2NO3/c13-5-1-8(16)12(17)11(2-5)21-10-4-7(15)6(14)3-9(10)18(19)20/h1-4H. The molecule has 0 aliphatic rings. The Kier molecular flexibility index (Phi) is 4.65. The summed E-state index contributed by atoms with van der Waals surface area (Å²) in [4.78, 5) is 10.2. The van der Waals surface area contributed by atoms with Crippen LogP contribution < -0.4 is 4.74 Å². The molecule has 0 saturated carbocycles. The molecule has 2 rings (SSSR count). The molecule has 9 heteroatoms. The van der Waals surface area contributed by atoms with Gasteiger partial charge in [-0.25, -0.2) is 4.39 Å². The van der Waals surface area contributed by atoms with Crippen LogP contribution in [0.2, 0.25) is 10.0 Å². The molecule has 0 saturated heterocycles. The summed E-state index contributed by atoms with van der Waals surface area (Å²) >= 11 is 14.4. The quantitative estimate of drug-likeness (QED) is 0.376. The first-order chi connectivity index (χ1) is 9.79. The maximum atomic E-state index is 13.6. The van der Waals surface area contributed by atoms with E-state index in [4.69, 9.17) is 27.9 Å². The van der Waals surface area contributed by atoms with Crippen molar-refractivity contribution in [2.75, 3.05) is 0 Å². The largest absolute Gasteiger partial charge is 0.447 e. The molecular formula is C12H4BrCl2F2NO3. The summed E-state index contributed by atoms with van der Waals surface area (Å²) in [6, 6.07) is 4.04. The third kappa shape index (κ3) is 3.42. The number of nitro benzene ring substituents is 1. The second kappa shape index (κ2) is 6.13. The van der Waals surface area contributed by atoms with Crippen molar-refractivity contribution in [3.05, 3.63) is 60.5 Å². The molecule has 0 unspecified atom stereocenters. The lowest BCUT2D eigenvalue weighted by molar-refractivity contribution is -0.385. The summed E-state index contributed by atoms with van der Waals surface area (Å²) < 4.78 is 32.2. The van der Waals surface area contributed by atoms with Crippen molar-refractivity contribution < 1.29 is 18.4 Å². The zero-order valence-corrected chi connectivity index (χ0v) is 13.0. The second-order valence-corrected chi connectivity index (χ2v) is 5.52. The van der Waals surface area contributed by atoms with Crippen LogP contribution in [0.3, 0.4) is 0 Å². The molecule has 0 fully saturated rings. The smallest absolute Gasteiger partial charge is 0.313 e. The summed E-state index contributed by atoms with van der Waals surface area (Å²) in [6.07, 6.45) is 0. The van der Waals surface area contributed by atoms with Crippen molar-refractivity contribution in [1.29, 1.82) is 0 Å². The molecule has 0 radical (unpaired) electrons. The van der Waals surface area contributed by atoms with Crippen molar-refractivity contribution in [2.24, 2.45) is 0 Å². The fraction of sp³-hybridized carbons (Fsp3) is 0. The van der Waals surface area contributed by atoms with E-state index in [1.165, 1.54) is 0 Å². The summed E-state index contributed by atoms with van der Waals surface area (Å²) in [7, 11) is 0. The van der Waals surface area contributed by atoms with E-state index in [0.717, 1.165) is 24.3 Å². The van der Waals surface area contributed by atoms with E-state index in [-0.39, 0.29) is 20.3 Å². The molecule has 0 bridgehead atoms. The number of nitrogens with zero attached hydrogens (tertiary/aromatic N) is 1. The molecule has 0 spiro atoms. The highest BCUT2D eigenvalue weighted by Gasteiger charge is 2.21. The highest BCUT2D eigenvalue weighted by Crippen LogP contribution is 2.39. The number of rotatable bonds is 3. The Morgan fingerprint density at radius 2 is 1.71 bits per heavy atom. The highest BCUT2D eigenvalue weighted by molar-refractivity contribution is 9.10. The number of hydrogen-bond donors (Lipinski definition) is 0. The van der Waals surface area contributed by atoms with Gasteiger partial charge in [-0.2, -0.15) is 4.39 Å². The van der Waals surface area contributed by atoms with Crippen molar-refractivity contribution in [2.45, 2.75) is 0 Å². The number of ether oxygens (including phenoxy) is 1. The molecular weight excluding hydrogens is 395 g/mol. The van der Waals surface area contributed by atoms with E-state index >= 15 is 0 Å². The molecule has 0 aliphatic carbocycles. The highest BCUT2D eigenvalue weighted by atomic mass is 79.9. The van der Waals surface area contributed by atoms with E-state index in [9.17, 15) is 18.9 Å². The molecule has 0 aromatic heterocycles. The molecule has 0 aliphatic heterocycles. The first kappa shape index (κ1) is 15.9. The molecule has 21 heavy (non-hydrogen) atoms. The predicted molar refractivity (Wildman–Crippen MR) is 77.2 cm³/mol. The average molecular weight is 399 g/mol. The first-order valence-electron chi connectivity index (χ1n) is 5.25. The minimum absolute atomic E-state index is 0.0202. The SMILES string of the molecule is O=[N+]([O-])c1cc(Cl)c(Cl)cc1Oc1cc(Br)cc(F)c1F. The van der Waals surface area contributed by atoms with Gasteiger partial charge in [0.05, 0.1) is 15.0 Å². The molecule has 2 aromatic carbocycles. The number of nitro groups is 1. The Labute approximate surface area is 135 Å². The summed E-state index contributed by atoms with van der Waals surface area (Å²) in [5.74, 6) is -3.32. The Hall–Kier alpha value is -1.44. The van der Waals surface area contributed by atoms with Crippen LogP contribution in [-0.4, -0.2) is 4.92 Å². The van der Waals surface area contributed by atoms with Crippen molar-refractivity contribution in [3.8, 4) is 11.5 Å². The number of halogens is 5. The topological polar surface area (TPSA) is 52.4 Å². The number of hydrogen-bond acceptors (Lipinski definition) is 3. The third-order valence-corrected chi connectivity index (χ3v) is 3.56. The molecule has 110 valence electrons. The summed E-state index contributed by atoms with van der Waals surface area (Å²) in [5.41, 5.74) is -0.524. The summed E-state index contributed by atoms with van der Waals surface area (Å²) in [5, 5.41) is 10.9. The molecule has 0 N–H and O–H groups in total. The average Bonchev–Trinajstić information content (AvgIpc) is 2.39. The van der Waals surface area contributed by atoms with Crippen LogP contribution in [0.1, 0.15) is 0 Å². The van der Waals surface area contributed by atoms with Gasteiger partial charge in [-0.15, -0.1) is 0 Å². The minimum Gasteiger partial charge on any atom is -0.447 e. The Morgan fingerprint density at radius 1 is 1.10 bits per heavy atom. The van der Waals surface area contributed by atoms with E-state index in [1.54, 1.807) is 0 Å². The minimum atomic E-state index is -1.28. The lowest BCUT2D eigenvalue weighted by Crippen LogP contribution is -1.97. The van der Waals surface area contributed by atoms with Crippen LogP contribution in [0, 0.1) is 21.7 Å². The Morgan fingerprint density at radius 3 is 2.33 bits per heavy atom. The zero-order valence-electron chi connectivity index (χ0n) is 9.87. The Balaban J connectivity index is 2.54. The van der Waals surface area contributed by atoms with Crippen LogP contribution in [0.25, 0.3) is 0 Å². The normalized spacial score (nSPS) is 10.5. The van der Waals surface area contributed by atoms with Gasteiger partial charge in [-0.3, -0.25) is 10.1 Å². The monoisotopic (exact) mass is 397 g/mol. The fourth-order valence-electron chi connectivity index (χ4n) is 1.47. The van der Waals surface area contributed by atoms with Crippen LogP contribution in [0.15, 0.2) is 28.7 Å². The van der Waals surface area contributed by atoms with E-state index in [0.29, 0.717) is 0 Å². The van der Waals surface area contributed by atoms with Crippen LogP contribution in [0.4, 0.5) is 14.5 Å². The van der Waals surface area contributed by atoms with Gasteiger partial charge in [-0.05, 0) is 12.1 Å². The van der Waals surface area contributed by atoms with Crippen molar-refractivity contribution in [1.82, 2.24) is 0 Å². The molecule has 4 nitrogen and oxygen atoms in total. The van der Waals surface area contributed by atoms with Crippen molar-refractivity contribution in [3.63, 3.8) is 0 Å².